The number of amides is 6. The molecule has 16 heteroatoms. The number of benzene rings is 2. The number of anilines is 1. The fourth-order valence-corrected chi connectivity index (χ4v) is 9.31. The quantitative estimate of drug-likeness (QED) is 0.304. The van der Waals surface area contributed by atoms with Crippen molar-refractivity contribution >= 4 is 35.3 Å². The van der Waals surface area contributed by atoms with E-state index in [1.807, 2.05) is 24.4 Å². The molecule has 2 atom stereocenters. The number of piperidine rings is 1. The van der Waals surface area contributed by atoms with E-state index in [9.17, 15) is 28.8 Å². The number of rotatable bonds is 9. The largest absolute Gasteiger partial charge is 0.496 e. The highest BCUT2D eigenvalue weighted by atomic mass is 16.5. The summed E-state index contributed by atoms with van der Waals surface area (Å²) in [6, 6.07) is 8.18. The summed E-state index contributed by atoms with van der Waals surface area (Å²) in [6.07, 6.45) is 3.72. The number of likely N-dealkylation sites (tertiary alicyclic amines) is 1. The van der Waals surface area contributed by atoms with Crippen molar-refractivity contribution in [1.82, 2.24) is 34.8 Å². The summed E-state index contributed by atoms with van der Waals surface area (Å²) in [4.78, 5) is 86.1. The molecule has 0 radical (unpaired) electrons. The Kier molecular flexibility index (Phi) is 10.7. The summed E-state index contributed by atoms with van der Waals surface area (Å²) in [6.45, 7) is 7.59. The van der Waals surface area contributed by atoms with Gasteiger partial charge in [-0.2, -0.15) is 0 Å². The molecule has 3 saturated heterocycles. The number of imide groups is 2. The lowest BCUT2D eigenvalue weighted by atomic mass is 9.91. The number of nitrogens with zero attached hydrogens (tertiary/aromatic N) is 6. The predicted octanol–water partition coefficient (Wildman–Crippen LogP) is 1.81. The van der Waals surface area contributed by atoms with E-state index < -0.39 is 29.7 Å². The average Bonchev–Trinajstić information content (AvgIpc) is 3.78. The highest BCUT2D eigenvalue weighted by molar-refractivity contribution is 6.23. The lowest BCUT2D eigenvalue weighted by Gasteiger charge is -2.37. The first-order valence-corrected chi connectivity index (χ1v) is 20.0. The highest BCUT2D eigenvalue weighted by Gasteiger charge is 2.45. The number of nitrogens with one attached hydrogen (secondary N) is 2. The average molecular weight is 795 g/mol. The fraction of sp³-hybridized carbons (Fsp3) is 0.476. The van der Waals surface area contributed by atoms with Gasteiger partial charge in [0.1, 0.15) is 17.5 Å². The standard InChI is InChI=1S/C42H50N8O8/c1-43-42(56)49-12-10-28-31(22-45(2)39(53)32(28)24-49)26-17-35(57-3)33(36(18-26)58-4)23-47-11-9-25(21-47)20-46-13-15-48(16-14-46)27-5-6-29-30(19-27)41(55)50(40(29)54)34-7-8-37(51)44-38(34)52/h5-6,17-19,22,25,34H,7-16,20-21,23-24H2,1-4H3,(H,43,56)(H,44,51,52). The number of aryl methyl sites for hydroxylation is 1. The van der Waals surface area contributed by atoms with Gasteiger partial charge in [-0.05, 0) is 73.2 Å². The maximum atomic E-state index is 13.4. The van der Waals surface area contributed by atoms with Crippen LogP contribution in [0, 0.1) is 5.92 Å². The van der Waals surface area contributed by atoms with Crippen LogP contribution in [-0.4, -0.2) is 133 Å². The summed E-state index contributed by atoms with van der Waals surface area (Å²) in [5.74, 6) is -0.0600. The van der Waals surface area contributed by atoms with Gasteiger partial charge in [-0.15, -0.1) is 0 Å². The van der Waals surface area contributed by atoms with Crippen LogP contribution in [0.3, 0.4) is 0 Å². The Hall–Kier alpha value is -5.74. The predicted molar refractivity (Wildman–Crippen MR) is 214 cm³/mol. The Labute approximate surface area is 336 Å². The van der Waals surface area contributed by atoms with Crippen LogP contribution in [0.5, 0.6) is 11.5 Å². The molecule has 2 aromatic carbocycles. The highest BCUT2D eigenvalue weighted by Crippen LogP contribution is 2.39. The lowest BCUT2D eigenvalue weighted by molar-refractivity contribution is -0.136. The van der Waals surface area contributed by atoms with Crippen LogP contribution < -0.4 is 30.6 Å². The second-order valence-corrected chi connectivity index (χ2v) is 15.9. The van der Waals surface area contributed by atoms with Crippen LogP contribution in [-0.2, 0) is 36.1 Å². The van der Waals surface area contributed by atoms with Crippen molar-refractivity contribution in [3.63, 3.8) is 0 Å². The summed E-state index contributed by atoms with van der Waals surface area (Å²) in [5.41, 5.74) is 5.71. The number of aromatic nitrogens is 1. The Morgan fingerprint density at radius 3 is 2.24 bits per heavy atom. The molecule has 2 N–H and O–H groups in total. The summed E-state index contributed by atoms with van der Waals surface area (Å²) in [5, 5.41) is 4.91. The van der Waals surface area contributed by atoms with E-state index in [4.69, 9.17) is 9.47 Å². The minimum atomic E-state index is -0.983. The molecule has 2 unspecified atom stereocenters. The number of urea groups is 1. The SMILES string of the molecule is CNC(=O)N1CCc2c(-c3cc(OC)c(CN4CCC(CN5CCN(c6ccc7c(c6)C(=O)N(C6CCC(=O)NC6=O)C7=O)CC5)C4)c(OC)c3)cn(C)c(=O)c2C1. The van der Waals surface area contributed by atoms with Gasteiger partial charge in [-0.1, -0.05) is 0 Å². The molecule has 0 spiro atoms. The van der Waals surface area contributed by atoms with Crippen LogP contribution in [0.1, 0.15) is 56.7 Å². The minimum Gasteiger partial charge on any atom is -0.496 e. The molecule has 1 aromatic heterocycles. The van der Waals surface area contributed by atoms with Crippen LogP contribution in [0.4, 0.5) is 10.5 Å². The second kappa shape index (κ2) is 15.9. The Morgan fingerprint density at radius 2 is 1.55 bits per heavy atom. The second-order valence-electron chi connectivity index (χ2n) is 15.9. The van der Waals surface area contributed by atoms with Gasteiger partial charge in [0.2, 0.25) is 11.8 Å². The number of hydrogen-bond acceptors (Lipinski definition) is 11. The van der Waals surface area contributed by atoms with Gasteiger partial charge >= 0.3 is 6.03 Å². The molecule has 8 rings (SSSR count). The Bertz CT molecular complexity index is 2220. The van der Waals surface area contributed by atoms with E-state index in [0.29, 0.717) is 36.6 Å². The molecule has 0 saturated carbocycles. The zero-order chi connectivity index (χ0) is 40.8. The summed E-state index contributed by atoms with van der Waals surface area (Å²) >= 11 is 0. The number of ether oxygens (including phenoxy) is 2. The van der Waals surface area contributed by atoms with Gasteiger partial charge in [0.25, 0.3) is 17.4 Å². The van der Waals surface area contributed by atoms with Crippen molar-refractivity contribution in [1.29, 1.82) is 0 Å². The number of methoxy groups -OCH3 is 2. The smallest absolute Gasteiger partial charge is 0.317 e. The zero-order valence-corrected chi connectivity index (χ0v) is 33.5. The van der Waals surface area contributed by atoms with Gasteiger partial charge in [0.05, 0.1) is 37.5 Å². The first kappa shape index (κ1) is 39.1. The Morgan fingerprint density at radius 1 is 0.828 bits per heavy atom. The maximum absolute atomic E-state index is 13.4. The van der Waals surface area contributed by atoms with E-state index in [1.54, 1.807) is 49.9 Å². The molecule has 3 aromatic rings. The number of hydrogen-bond donors (Lipinski definition) is 2. The first-order chi connectivity index (χ1) is 28.0. The zero-order valence-electron chi connectivity index (χ0n) is 33.5. The summed E-state index contributed by atoms with van der Waals surface area (Å²) in [7, 11) is 6.67. The van der Waals surface area contributed by atoms with Crippen LogP contribution >= 0.6 is 0 Å². The normalized spacial score (nSPS) is 21.3. The molecule has 58 heavy (non-hydrogen) atoms. The molecular weight excluding hydrogens is 745 g/mol. The van der Waals surface area contributed by atoms with Crippen molar-refractivity contribution in [3.8, 4) is 22.6 Å². The number of carbonyl (C=O) groups is 5. The van der Waals surface area contributed by atoms with Gasteiger partial charge in [-0.25, -0.2) is 4.79 Å². The monoisotopic (exact) mass is 794 g/mol. The molecule has 5 aliphatic heterocycles. The van der Waals surface area contributed by atoms with Crippen LogP contribution in [0.15, 0.2) is 41.3 Å². The van der Waals surface area contributed by atoms with Gasteiger partial charge < -0.3 is 29.2 Å². The number of piperazine rings is 1. The molecule has 6 heterocycles. The van der Waals surface area contributed by atoms with E-state index in [1.165, 1.54) is 0 Å². The third kappa shape index (κ3) is 7.19. The molecule has 0 aliphatic carbocycles. The molecular formula is C42H50N8O8. The first-order valence-electron chi connectivity index (χ1n) is 20.0. The van der Waals surface area contributed by atoms with Gasteiger partial charge in [0, 0.05) is 95.9 Å². The maximum Gasteiger partial charge on any atom is 0.317 e. The molecule has 0 bridgehead atoms. The molecule has 5 aliphatic rings. The van der Waals surface area contributed by atoms with Crippen LogP contribution in [0.2, 0.25) is 0 Å². The van der Waals surface area contributed by atoms with E-state index in [2.05, 4.69) is 25.3 Å². The van der Waals surface area contributed by atoms with Crippen molar-refractivity contribution in [2.45, 2.75) is 44.8 Å². The topological polar surface area (TPSA) is 166 Å². The third-order valence-electron chi connectivity index (χ3n) is 12.4. The van der Waals surface area contributed by atoms with Crippen molar-refractivity contribution in [2.75, 3.05) is 78.5 Å². The number of fused-ring (bicyclic) bond motifs is 2. The number of carbonyl (C=O) groups excluding carboxylic acids is 5. The van der Waals surface area contributed by atoms with Gasteiger partial charge in [-0.3, -0.25) is 44.0 Å². The molecule has 306 valence electrons. The minimum absolute atomic E-state index is 0.0848. The molecule has 16 nitrogen and oxygen atoms in total. The van der Waals surface area contributed by atoms with E-state index >= 15 is 0 Å². The summed E-state index contributed by atoms with van der Waals surface area (Å²) < 4.78 is 13.5. The molecule has 3 fully saturated rings. The molecule has 6 amide bonds. The van der Waals surface area contributed by atoms with Crippen LogP contribution in [0.25, 0.3) is 11.1 Å². The van der Waals surface area contributed by atoms with Crippen molar-refractivity contribution < 1.29 is 33.4 Å². The van der Waals surface area contributed by atoms with Gasteiger partial charge in [0.15, 0.2) is 0 Å². The van der Waals surface area contributed by atoms with E-state index in [0.717, 1.165) is 96.6 Å². The van der Waals surface area contributed by atoms with E-state index in [-0.39, 0.29) is 36.5 Å². The van der Waals surface area contributed by atoms with Crippen molar-refractivity contribution in [3.05, 3.63) is 74.7 Å². The fourth-order valence-electron chi connectivity index (χ4n) is 9.31. The Balaban J connectivity index is 0.889. The van der Waals surface area contributed by atoms with Crippen molar-refractivity contribution in [2.24, 2.45) is 13.0 Å². The third-order valence-corrected chi connectivity index (χ3v) is 12.4. The lowest BCUT2D eigenvalue weighted by Crippen LogP contribution is -2.54. The number of pyridine rings is 1.